The lowest BCUT2D eigenvalue weighted by atomic mass is 9.96. The average Bonchev–Trinajstić information content (AvgIpc) is 2.99. The van der Waals surface area contributed by atoms with Gasteiger partial charge in [-0.2, -0.15) is 4.31 Å². The summed E-state index contributed by atoms with van der Waals surface area (Å²) in [6.07, 6.45) is 0. The molecule has 210 valence electrons. The number of amides is 1. The summed E-state index contributed by atoms with van der Waals surface area (Å²) in [5, 5.41) is 5.75. The molecule has 1 fully saturated rings. The van der Waals surface area contributed by atoms with Gasteiger partial charge in [0.05, 0.1) is 16.5 Å². The van der Waals surface area contributed by atoms with Crippen LogP contribution in [0.5, 0.6) is 0 Å². The number of nitrogens with zero attached hydrogens (tertiary/aromatic N) is 2. The molecule has 1 amide bonds. The number of hydrogen-bond donors (Lipinski definition) is 2. The Balaban J connectivity index is 1.22. The number of carbonyl (C=O) groups excluding carboxylic acids is 1. The highest BCUT2D eigenvalue weighted by molar-refractivity contribution is 14.1. The van der Waals surface area contributed by atoms with E-state index in [-0.39, 0.29) is 22.0 Å². The Labute approximate surface area is 259 Å². The smallest absolute Gasteiger partial charge is 0.258 e. The zero-order chi connectivity index (χ0) is 28.8. The van der Waals surface area contributed by atoms with Crippen LogP contribution in [0.2, 0.25) is 0 Å². The van der Waals surface area contributed by atoms with Gasteiger partial charge in [0.25, 0.3) is 5.91 Å². The second-order valence-corrected chi connectivity index (χ2v) is 13.1. The van der Waals surface area contributed by atoms with E-state index in [1.807, 2.05) is 48.5 Å². The SMILES string of the molecule is O=C(NC(=S)Nc1ccc(S(=O)(=O)N2CCN(C(c3ccccc3)c3ccccc3)CC2)cc1)c1ccccc1I. The van der Waals surface area contributed by atoms with Crippen LogP contribution in [0, 0.1) is 3.57 Å². The third kappa shape index (κ3) is 7.02. The lowest BCUT2D eigenvalue weighted by molar-refractivity contribution is 0.0977. The van der Waals surface area contributed by atoms with Crippen molar-refractivity contribution >= 4 is 61.5 Å². The number of carbonyl (C=O) groups is 1. The van der Waals surface area contributed by atoms with Gasteiger partial charge in [0.1, 0.15) is 0 Å². The minimum atomic E-state index is -3.67. The molecule has 1 heterocycles. The van der Waals surface area contributed by atoms with Crippen LogP contribution in [0.4, 0.5) is 5.69 Å². The third-order valence-corrected chi connectivity index (χ3v) is 10.0. The highest BCUT2D eigenvalue weighted by Crippen LogP contribution is 2.30. The van der Waals surface area contributed by atoms with Crippen molar-refractivity contribution in [3.63, 3.8) is 0 Å². The van der Waals surface area contributed by atoms with Gasteiger partial charge in [-0.3, -0.25) is 15.0 Å². The van der Waals surface area contributed by atoms with E-state index in [0.29, 0.717) is 37.4 Å². The Morgan fingerprint density at radius 2 is 1.29 bits per heavy atom. The van der Waals surface area contributed by atoms with Gasteiger partial charge in [-0.15, -0.1) is 0 Å². The van der Waals surface area contributed by atoms with Crippen LogP contribution in [0.25, 0.3) is 0 Å². The summed E-state index contributed by atoms with van der Waals surface area (Å²) in [5.74, 6) is -0.312. The molecule has 0 bridgehead atoms. The molecule has 2 N–H and O–H groups in total. The minimum absolute atomic E-state index is 0.0577. The zero-order valence-corrected chi connectivity index (χ0v) is 25.9. The highest BCUT2D eigenvalue weighted by atomic mass is 127. The topological polar surface area (TPSA) is 81.8 Å². The quantitative estimate of drug-likeness (QED) is 0.196. The molecule has 0 unspecified atom stereocenters. The van der Waals surface area contributed by atoms with Crippen LogP contribution in [-0.4, -0.2) is 54.8 Å². The Bertz CT molecular complexity index is 1570. The normalized spacial score (nSPS) is 14.5. The van der Waals surface area contributed by atoms with Crippen molar-refractivity contribution in [1.29, 1.82) is 0 Å². The molecule has 41 heavy (non-hydrogen) atoms. The number of halogens is 1. The fraction of sp³-hybridized carbons (Fsp3) is 0.161. The van der Waals surface area contributed by atoms with E-state index in [0.717, 1.165) is 3.57 Å². The zero-order valence-electron chi connectivity index (χ0n) is 22.1. The van der Waals surface area contributed by atoms with E-state index in [2.05, 4.69) is 62.4 Å². The molecule has 1 saturated heterocycles. The number of thiocarbonyl (C=S) groups is 1. The van der Waals surface area contributed by atoms with Crippen LogP contribution in [0.3, 0.4) is 0 Å². The molecule has 4 aromatic rings. The van der Waals surface area contributed by atoms with E-state index in [1.54, 1.807) is 40.7 Å². The minimum Gasteiger partial charge on any atom is -0.332 e. The first-order valence-corrected chi connectivity index (χ1v) is 16.1. The molecular weight excluding hydrogens is 667 g/mol. The summed E-state index contributed by atoms with van der Waals surface area (Å²) < 4.78 is 29.3. The van der Waals surface area contributed by atoms with E-state index in [9.17, 15) is 13.2 Å². The molecule has 1 aliphatic rings. The van der Waals surface area contributed by atoms with Crippen molar-refractivity contribution < 1.29 is 13.2 Å². The van der Waals surface area contributed by atoms with Crippen molar-refractivity contribution in [3.05, 3.63) is 129 Å². The van der Waals surface area contributed by atoms with E-state index < -0.39 is 10.0 Å². The number of nitrogens with one attached hydrogen (secondary N) is 2. The molecule has 0 atom stereocenters. The molecule has 0 saturated carbocycles. The molecule has 0 radical (unpaired) electrons. The van der Waals surface area contributed by atoms with Crippen molar-refractivity contribution in [3.8, 4) is 0 Å². The van der Waals surface area contributed by atoms with Crippen LogP contribution in [-0.2, 0) is 10.0 Å². The lowest BCUT2D eigenvalue weighted by Crippen LogP contribution is -2.49. The van der Waals surface area contributed by atoms with Crippen LogP contribution >= 0.6 is 34.8 Å². The fourth-order valence-corrected chi connectivity index (χ4v) is 7.19. The predicted octanol–water partition coefficient (Wildman–Crippen LogP) is 5.51. The van der Waals surface area contributed by atoms with Crippen LogP contribution < -0.4 is 10.6 Å². The predicted molar refractivity (Wildman–Crippen MR) is 174 cm³/mol. The maximum atomic E-state index is 13.5. The number of sulfonamides is 1. The number of hydrogen-bond acceptors (Lipinski definition) is 5. The van der Waals surface area contributed by atoms with E-state index in [4.69, 9.17) is 12.2 Å². The number of rotatable bonds is 7. The largest absolute Gasteiger partial charge is 0.332 e. The first-order valence-electron chi connectivity index (χ1n) is 13.1. The summed E-state index contributed by atoms with van der Waals surface area (Å²) in [6.45, 7) is 2.02. The second-order valence-electron chi connectivity index (χ2n) is 9.58. The number of piperazine rings is 1. The maximum Gasteiger partial charge on any atom is 0.258 e. The van der Waals surface area contributed by atoms with Gasteiger partial charge >= 0.3 is 0 Å². The summed E-state index contributed by atoms with van der Waals surface area (Å²) in [7, 11) is -3.67. The molecule has 5 rings (SSSR count). The van der Waals surface area contributed by atoms with Crippen molar-refractivity contribution in [2.24, 2.45) is 0 Å². The number of benzene rings is 4. The summed E-state index contributed by atoms with van der Waals surface area (Å²) in [6, 6.07) is 34.3. The molecule has 0 aliphatic carbocycles. The first-order chi connectivity index (χ1) is 19.8. The monoisotopic (exact) mass is 696 g/mol. The molecule has 1 aliphatic heterocycles. The van der Waals surface area contributed by atoms with Gasteiger partial charge in [-0.25, -0.2) is 8.42 Å². The average molecular weight is 697 g/mol. The van der Waals surface area contributed by atoms with E-state index >= 15 is 0 Å². The molecule has 0 aromatic heterocycles. The number of anilines is 1. The van der Waals surface area contributed by atoms with Crippen LogP contribution in [0.15, 0.2) is 114 Å². The van der Waals surface area contributed by atoms with Gasteiger partial charge in [0.15, 0.2) is 5.11 Å². The van der Waals surface area contributed by atoms with Gasteiger partial charge in [-0.1, -0.05) is 72.8 Å². The first kappa shape index (κ1) is 29.3. The Morgan fingerprint density at radius 1 is 0.756 bits per heavy atom. The standard InChI is InChI=1S/C31H29IN4O3S2/c32-28-14-8-7-13-27(28)30(37)34-31(40)33-25-15-17-26(18-16-25)41(38,39)36-21-19-35(20-22-36)29(23-9-3-1-4-10-23)24-11-5-2-6-12-24/h1-18,29H,19-22H2,(H2,33,34,37,40). The second kappa shape index (κ2) is 13.2. The molecule has 10 heteroatoms. The van der Waals surface area contributed by atoms with Crippen molar-refractivity contribution in [1.82, 2.24) is 14.5 Å². The van der Waals surface area contributed by atoms with E-state index in [1.165, 1.54) is 11.1 Å². The van der Waals surface area contributed by atoms with Crippen LogP contribution in [0.1, 0.15) is 27.5 Å². The summed E-state index contributed by atoms with van der Waals surface area (Å²) >= 11 is 7.39. The van der Waals surface area contributed by atoms with Gasteiger partial charge < -0.3 is 5.32 Å². The molecule has 7 nitrogen and oxygen atoms in total. The lowest BCUT2D eigenvalue weighted by Gasteiger charge is -2.39. The van der Waals surface area contributed by atoms with Gasteiger partial charge in [0.2, 0.25) is 10.0 Å². The maximum absolute atomic E-state index is 13.5. The molecule has 4 aromatic carbocycles. The summed E-state index contributed by atoms with van der Waals surface area (Å²) in [4.78, 5) is 15.1. The highest BCUT2D eigenvalue weighted by Gasteiger charge is 2.32. The fourth-order valence-electron chi connectivity index (χ4n) is 4.92. The molecule has 0 spiro atoms. The van der Waals surface area contributed by atoms with Crippen molar-refractivity contribution in [2.75, 3.05) is 31.5 Å². The van der Waals surface area contributed by atoms with Gasteiger partial charge in [-0.05, 0) is 82.3 Å². The Kier molecular flexibility index (Phi) is 9.46. The van der Waals surface area contributed by atoms with Gasteiger partial charge in [0, 0.05) is 35.4 Å². The third-order valence-electron chi connectivity index (χ3n) is 6.96. The Morgan fingerprint density at radius 3 is 1.85 bits per heavy atom. The summed E-state index contributed by atoms with van der Waals surface area (Å²) in [5.41, 5.74) is 3.48. The Hall–Kier alpha value is -3.16. The van der Waals surface area contributed by atoms with Crippen molar-refractivity contribution in [2.45, 2.75) is 10.9 Å². The molecular formula is C31H29IN4O3S2.